The fraction of sp³-hybridized carbons (Fsp3) is 0.125. The second-order valence-corrected chi connectivity index (χ2v) is 6.72. The Morgan fingerprint density at radius 1 is 1.18 bits per heavy atom. The van der Waals surface area contributed by atoms with E-state index in [-0.39, 0.29) is 12.6 Å². The summed E-state index contributed by atoms with van der Waals surface area (Å²) >= 11 is 0. The zero-order chi connectivity index (χ0) is 23.6. The topological polar surface area (TPSA) is 138 Å². The lowest BCUT2D eigenvalue weighted by atomic mass is 10.1. The molecule has 9 heteroatoms. The molecule has 0 radical (unpaired) electrons. The number of esters is 1. The number of hydrogen-bond donors (Lipinski definition) is 2. The van der Waals surface area contributed by atoms with Crippen molar-refractivity contribution in [3.63, 3.8) is 0 Å². The molecule has 0 aliphatic carbocycles. The van der Waals surface area contributed by atoms with Crippen LogP contribution in [0.4, 0.5) is 5.95 Å². The van der Waals surface area contributed by atoms with Crippen molar-refractivity contribution in [3.05, 3.63) is 71.4 Å². The fourth-order valence-corrected chi connectivity index (χ4v) is 2.85. The average Bonchev–Trinajstić information content (AvgIpc) is 2.85. The maximum Gasteiger partial charge on any atom is 0.343 e. The zero-order valence-electron chi connectivity index (χ0n) is 17.9. The van der Waals surface area contributed by atoms with Crippen LogP contribution in [0.2, 0.25) is 0 Å². The number of benzene rings is 2. The molecule has 0 saturated heterocycles. The van der Waals surface area contributed by atoms with Crippen LogP contribution >= 0.6 is 0 Å². The Bertz CT molecular complexity index is 1250. The van der Waals surface area contributed by atoms with Crippen LogP contribution in [0, 0.1) is 12.3 Å². The highest BCUT2D eigenvalue weighted by Crippen LogP contribution is 2.20. The van der Waals surface area contributed by atoms with E-state index in [0.29, 0.717) is 29.4 Å². The highest BCUT2D eigenvalue weighted by atomic mass is 16.6. The van der Waals surface area contributed by atoms with Gasteiger partial charge in [0.2, 0.25) is 5.95 Å². The number of carbonyl (C=O) groups is 1. The Labute approximate surface area is 191 Å². The minimum absolute atomic E-state index is 0.0682. The van der Waals surface area contributed by atoms with Crippen LogP contribution in [0.15, 0.2) is 64.7 Å². The van der Waals surface area contributed by atoms with E-state index >= 15 is 0 Å². The average molecular weight is 442 g/mol. The Kier molecular flexibility index (Phi) is 7.70. The number of ether oxygens (including phenoxy) is 2. The lowest BCUT2D eigenvalue weighted by molar-refractivity contribution is -0.142. The number of nitrogens with two attached hydrogens (primary N) is 2. The summed E-state index contributed by atoms with van der Waals surface area (Å²) in [6, 6.07) is 16.3. The summed E-state index contributed by atoms with van der Waals surface area (Å²) in [7, 11) is 1.30. The third-order valence-electron chi connectivity index (χ3n) is 4.44. The molecule has 0 fully saturated rings. The van der Waals surface area contributed by atoms with Gasteiger partial charge in [0.05, 0.1) is 31.3 Å². The van der Waals surface area contributed by atoms with E-state index in [1.807, 2.05) is 30.3 Å². The number of hydrazone groups is 1. The van der Waals surface area contributed by atoms with Crippen molar-refractivity contribution < 1.29 is 14.3 Å². The minimum Gasteiger partial charge on any atom is -0.482 e. The summed E-state index contributed by atoms with van der Waals surface area (Å²) in [4.78, 5) is 24.1. The number of nitrogen functional groups attached to an aromatic ring is 1. The van der Waals surface area contributed by atoms with Crippen molar-refractivity contribution >= 4 is 23.8 Å². The maximum atomic E-state index is 11.2. The maximum absolute atomic E-state index is 11.2. The van der Waals surface area contributed by atoms with Gasteiger partial charge in [0, 0.05) is 11.1 Å². The van der Waals surface area contributed by atoms with Crippen molar-refractivity contribution in [1.29, 1.82) is 0 Å². The summed E-state index contributed by atoms with van der Waals surface area (Å²) in [6.45, 7) is 0.154. The number of terminal acetylenes is 1. The number of aromatic nitrogens is 2. The first-order chi connectivity index (χ1) is 16.0. The van der Waals surface area contributed by atoms with E-state index in [1.54, 1.807) is 24.3 Å². The molecule has 1 aromatic heterocycles. The summed E-state index contributed by atoms with van der Waals surface area (Å²) in [6.07, 6.45) is 6.99. The second-order valence-electron chi connectivity index (χ2n) is 6.72. The molecular weight excluding hydrogens is 420 g/mol. The van der Waals surface area contributed by atoms with Crippen LogP contribution in [0.1, 0.15) is 16.8 Å². The summed E-state index contributed by atoms with van der Waals surface area (Å²) in [5.74, 6) is 8.31. The highest BCUT2D eigenvalue weighted by Gasteiger charge is 2.10. The van der Waals surface area contributed by atoms with Gasteiger partial charge in [-0.3, -0.25) is 4.99 Å². The van der Waals surface area contributed by atoms with Crippen molar-refractivity contribution in [3.8, 4) is 29.4 Å². The molecule has 3 aromatic rings. The minimum atomic E-state index is -0.461. The van der Waals surface area contributed by atoms with Crippen molar-refractivity contribution in [1.82, 2.24) is 9.97 Å². The molecule has 166 valence electrons. The van der Waals surface area contributed by atoms with Crippen LogP contribution < -0.4 is 16.3 Å². The molecule has 2 aromatic carbocycles. The van der Waals surface area contributed by atoms with E-state index < -0.39 is 5.97 Å². The molecule has 33 heavy (non-hydrogen) atoms. The molecule has 0 saturated carbocycles. The summed E-state index contributed by atoms with van der Waals surface area (Å²) in [5, 5.41) is 3.79. The van der Waals surface area contributed by atoms with Crippen LogP contribution in [-0.2, 0) is 16.1 Å². The van der Waals surface area contributed by atoms with E-state index in [0.717, 1.165) is 16.7 Å². The molecule has 1 heterocycles. The second kappa shape index (κ2) is 11.1. The summed E-state index contributed by atoms with van der Waals surface area (Å²) in [5.41, 5.74) is 9.61. The standard InChI is InChI=1S/C24H22N6O3/c1-3-16-6-4-8-18(10-16)20-12-21(29-24(25)28-20)22(30-26)14-27-13-17-7-5-9-19(11-17)33-15-23(31)32-2/h1,4-12,14H,13,15,26H2,2H3,(H2,25,28,29). The quantitative estimate of drug-likeness (QED) is 0.179. The van der Waals surface area contributed by atoms with Crippen LogP contribution in [0.3, 0.4) is 0 Å². The van der Waals surface area contributed by atoms with Gasteiger partial charge in [-0.1, -0.05) is 30.2 Å². The number of nitrogens with zero attached hydrogens (tertiary/aromatic N) is 4. The van der Waals surface area contributed by atoms with E-state index in [1.165, 1.54) is 13.3 Å². The number of anilines is 1. The van der Waals surface area contributed by atoms with Crippen molar-refractivity contribution in [2.45, 2.75) is 6.54 Å². The van der Waals surface area contributed by atoms with Gasteiger partial charge in [0.25, 0.3) is 0 Å². The molecule has 0 amide bonds. The Morgan fingerprint density at radius 3 is 2.76 bits per heavy atom. The van der Waals surface area contributed by atoms with Gasteiger partial charge in [-0.25, -0.2) is 14.8 Å². The predicted molar refractivity (Wildman–Crippen MR) is 127 cm³/mol. The molecule has 9 nitrogen and oxygen atoms in total. The van der Waals surface area contributed by atoms with Gasteiger partial charge in [-0.2, -0.15) is 5.10 Å². The predicted octanol–water partition coefficient (Wildman–Crippen LogP) is 2.19. The van der Waals surface area contributed by atoms with Gasteiger partial charge in [-0.05, 0) is 35.9 Å². The van der Waals surface area contributed by atoms with E-state index in [2.05, 4.69) is 30.7 Å². The highest BCUT2D eigenvalue weighted by molar-refractivity contribution is 6.37. The molecule has 3 rings (SSSR count). The molecule has 0 atom stereocenters. The van der Waals surface area contributed by atoms with Crippen molar-refractivity contribution in [2.24, 2.45) is 15.9 Å². The van der Waals surface area contributed by atoms with Crippen molar-refractivity contribution in [2.75, 3.05) is 19.5 Å². The summed E-state index contributed by atoms with van der Waals surface area (Å²) < 4.78 is 9.95. The molecule has 0 aliphatic heterocycles. The smallest absolute Gasteiger partial charge is 0.343 e. The Morgan fingerprint density at radius 2 is 2.00 bits per heavy atom. The van der Waals surface area contributed by atoms with E-state index in [4.69, 9.17) is 22.7 Å². The van der Waals surface area contributed by atoms with Gasteiger partial charge in [-0.15, -0.1) is 6.42 Å². The van der Waals surface area contributed by atoms with Crippen LogP contribution in [0.25, 0.3) is 11.3 Å². The Balaban J connectivity index is 1.76. The number of aliphatic imine (C=N–C) groups is 1. The molecule has 0 bridgehead atoms. The number of carbonyl (C=O) groups excluding carboxylic acids is 1. The number of methoxy groups -OCH3 is 1. The largest absolute Gasteiger partial charge is 0.482 e. The lowest BCUT2D eigenvalue weighted by Gasteiger charge is -2.07. The van der Waals surface area contributed by atoms with Gasteiger partial charge >= 0.3 is 5.97 Å². The number of rotatable bonds is 8. The normalized spacial score (nSPS) is 11.2. The molecular formula is C24H22N6O3. The molecule has 0 unspecified atom stereocenters. The number of hydrogen-bond acceptors (Lipinski definition) is 9. The SMILES string of the molecule is C#Cc1cccc(-c2cc(C(C=NCc3cccc(OCC(=O)OC)c3)=NN)nc(N)n2)c1. The first kappa shape index (κ1) is 23.0. The third-order valence-corrected chi connectivity index (χ3v) is 4.44. The van der Waals surface area contributed by atoms with Crippen LogP contribution in [0.5, 0.6) is 5.75 Å². The first-order valence-corrected chi connectivity index (χ1v) is 9.80. The third kappa shape index (κ3) is 6.38. The molecule has 0 aliphatic rings. The zero-order valence-corrected chi connectivity index (χ0v) is 17.9. The van der Waals surface area contributed by atoms with Gasteiger partial charge in [0.1, 0.15) is 11.5 Å². The Hall–Kier alpha value is -4.71. The fourth-order valence-electron chi connectivity index (χ4n) is 2.85. The van der Waals surface area contributed by atoms with Crippen LogP contribution in [-0.4, -0.2) is 41.6 Å². The van der Waals surface area contributed by atoms with Gasteiger partial charge in [0.15, 0.2) is 6.61 Å². The first-order valence-electron chi connectivity index (χ1n) is 9.80. The monoisotopic (exact) mass is 442 g/mol. The lowest BCUT2D eigenvalue weighted by Crippen LogP contribution is -2.12. The van der Waals surface area contributed by atoms with E-state index in [9.17, 15) is 4.79 Å². The van der Waals surface area contributed by atoms with Gasteiger partial charge < -0.3 is 21.1 Å². The molecule has 0 spiro atoms. The molecule has 4 N–H and O–H groups in total.